The summed E-state index contributed by atoms with van der Waals surface area (Å²) < 4.78 is 22.0. The van der Waals surface area contributed by atoms with Gasteiger partial charge in [0.05, 0.1) is 30.8 Å². The molecule has 0 spiro atoms. The number of hydrogen-bond acceptors (Lipinski definition) is 5. The summed E-state index contributed by atoms with van der Waals surface area (Å²) >= 11 is 0. The lowest BCUT2D eigenvalue weighted by Gasteiger charge is -2.12. The van der Waals surface area contributed by atoms with E-state index in [-0.39, 0.29) is 0 Å². The number of benzene rings is 1. The number of methoxy groups -OCH3 is 1. The molecule has 3 aromatic rings. The summed E-state index contributed by atoms with van der Waals surface area (Å²) in [7, 11) is 1.51. The van der Waals surface area contributed by atoms with E-state index in [1.807, 2.05) is 6.92 Å². The fourth-order valence-electron chi connectivity index (χ4n) is 2.34. The molecule has 0 unspecified atom stereocenters. The van der Waals surface area contributed by atoms with Crippen LogP contribution in [0.4, 0.5) is 0 Å². The van der Waals surface area contributed by atoms with Crippen molar-refractivity contribution in [2.75, 3.05) is 13.7 Å². The van der Waals surface area contributed by atoms with Gasteiger partial charge in [0.25, 0.3) is 0 Å². The Hall–Kier alpha value is -2.69. The van der Waals surface area contributed by atoms with E-state index in [9.17, 15) is 4.79 Å². The highest BCUT2D eigenvalue weighted by Crippen LogP contribution is 2.42. The number of rotatable bonds is 5. The molecule has 22 heavy (non-hydrogen) atoms. The maximum atomic E-state index is 11.5. The molecule has 0 radical (unpaired) electrons. The van der Waals surface area contributed by atoms with Gasteiger partial charge in [0.2, 0.25) is 5.75 Å². The third-order valence-corrected chi connectivity index (χ3v) is 3.38. The van der Waals surface area contributed by atoms with Crippen molar-refractivity contribution in [3.8, 4) is 11.5 Å². The van der Waals surface area contributed by atoms with Crippen LogP contribution >= 0.6 is 0 Å². The first-order valence-electron chi connectivity index (χ1n) is 6.90. The van der Waals surface area contributed by atoms with Gasteiger partial charge in [0.15, 0.2) is 11.2 Å². The standard InChI is InChI=1S/C17H16O5/c1-10(2)6-8-20-14-11-4-5-13(18)22-16(11)17(19-3)15-12(14)7-9-21-15/h4-5,7,9H,1,6,8H2,2-3H3. The van der Waals surface area contributed by atoms with Crippen LogP contribution in [0.2, 0.25) is 0 Å². The first kappa shape index (κ1) is 14.3. The van der Waals surface area contributed by atoms with E-state index in [0.29, 0.717) is 34.7 Å². The summed E-state index contributed by atoms with van der Waals surface area (Å²) in [6.07, 6.45) is 2.29. The highest BCUT2D eigenvalue weighted by molar-refractivity contribution is 6.06. The highest BCUT2D eigenvalue weighted by Gasteiger charge is 2.20. The predicted octanol–water partition coefficient (Wildman–Crippen LogP) is 3.89. The van der Waals surface area contributed by atoms with Crippen LogP contribution < -0.4 is 15.1 Å². The molecule has 0 saturated carbocycles. The lowest BCUT2D eigenvalue weighted by atomic mass is 10.1. The molecule has 114 valence electrons. The molecule has 3 rings (SSSR count). The lowest BCUT2D eigenvalue weighted by molar-refractivity contribution is 0.328. The number of hydrogen-bond donors (Lipinski definition) is 0. The largest absolute Gasteiger partial charge is 0.492 e. The van der Waals surface area contributed by atoms with Crippen molar-refractivity contribution in [1.29, 1.82) is 0 Å². The van der Waals surface area contributed by atoms with Gasteiger partial charge in [0.1, 0.15) is 5.75 Å². The second-order valence-corrected chi connectivity index (χ2v) is 5.08. The van der Waals surface area contributed by atoms with E-state index in [4.69, 9.17) is 18.3 Å². The third kappa shape index (κ3) is 2.35. The van der Waals surface area contributed by atoms with E-state index in [1.165, 1.54) is 13.2 Å². The van der Waals surface area contributed by atoms with Crippen molar-refractivity contribution < 1.29 is 18.3 Å². The van der Waals surface area contributed by atoms with Crippen LogP contribution in [0.3, 0.4) is 0 Å². The second kappa shape index (κ2) is 5.60. The van der Waals surface area contributed by atoms with Crippen LogP contribution in [0.15, 0.2) is 50.2 Å². The van der Waals surface area contributed by atoms with Gasteiger partial charge in [-0.1, -0.05) is 5.57 Å². The van der Waals surface area contributed by atoms with Gasteiger partial charge in [0, 0.05) is 12.5 Å². The zero-order chi connectivity index (χ0) is 15.7. The average Bonchev–Trinajstić information content (AvgIpc) is 2.95. The van der Waals surface area contributed by atoms with Crippen LogP contribution in [-0.2, 0) is 0 Å². The average molecular weight is 300 g/mol. The zero-order valence-electron chi connectivity index (χ0n) is 12.5. The molecule has 5 heteroatoms. The predicted molar refractivity (Wildman–Crippen MR) is 83.7 cm³/mol. The molecule has 0 saturated heterocycles. The minimum Gasteiger partial charge on any atom is -0.492 e. The molecule has 2 aromatic heterocycles. The Labute approximate surface area is 126 Å². The number of ether oxygens (including phenoxy) is 2. The van der Waals surface area contributed by atoms with Crippen molar-refractivity contribution in [3.05, 3.63) is 47.0 Å². The van der Waals surface area contributed by atoms with Crippen molar-refractivity contribution >= 4 is 21.9 Å². The SMILES string of the molecule is C=C(C)CCOc1c2ccoc2c(OC)c2oc(=O)ccc12. The van der Waals surface area contributed by atoms with Gasteiger partial charge < -0.3 is 18.3 Å². The van der Waals surface area contributed by atoms with E-state index < -0.39 is 5.63 Å². The summed E-state index contributed by atoms with van der Waals surface area (Å²) in [5, 5.41) is 1.45. The summed E-state index contributed by atoms with van der Waals surface area (Å²) in [4.78, 5) is 11.5. The molecule has 2 heterocycles. The van der Waals surface area contributed by atoms with Crippen LogP contribution in [0, 0.1) is 0 Å². The molecule has 0 aliphatic carbocycles. The maximum absolute atomic E-state index is 11.5. The van der Waals surface area contributed by atoms with E-state index >= 15 is 0 Å². The fourth-order valence-corrected chi connectivity index (χ4v) is 2.34. The molecule has 0 atom stereocenters. The second-order valence-electron chi connectivity index (χ2n) is 5.08. The number of fused-ring (bicyclic) bond motifs is 2. The van der Waals surface area contributed by atoms with Crippen LogP contribution in [0.1, 0.15) is 13.3 Å². The van der Waals surface area contributed by atoms with E-state index in [0.717, 1.165) is 17.4 Å². The monoisotopic (exact) mass is 300 g/mol. The quantitative estimate of drug-likeness (QED) is 0.528. The first-order valence-corrected chi connectivity index (χ1v) is 6.90. The molecule has 1 aromatic carbocycles. The molecule has 0 amide bonds. The minimum absolute atomic E-state index is 0.322. The smallest absolute Gasteiger partial charge is 0.336 e. The van der Waals surface area contributed by atoms with Crippen molar-refractivity contribution in [2.24, 2.45) is 0 Å². The van der Waals surface area contributed by atoms with Gasteiger partial charge in [-0.3, -0.25) is 0 Å². The van der Waals surface area contributed by atoms with Crippen molar-refractivity contribution in [2.45, 2.75) is 13.3 Å². The summed E-state index contributed by atoms with van der Waals surface area (Å²) in [6, 6.07) is 4.84. The maximum Gasteiger partial charge on any atom is 0.336 e. The molecule has 0 N–H and O–H groups in total. The molecule has 5 nitrogen and oxygen atoms in total. The van der Waals surface area contributed by atoms with Gasteiger partial charge >= 0.3 is 5.63 Å². The number of furan rings is 1. The third-order valence-electron chi connectivity index (χ3n) is 3.38. The normalized spacial score (nSPS) is 11.0. The van der Waals surface area contributed by atoms with E-state index in [2.05, 4.69) is 6.58 Å². The fraction of sp³-hybridized carbons (Fsp3) is 0.235. The molecule has 0 fully saturated rings. The Morgan fingerprint density at radius 3 is 2.68 bits per heavy atom. The van der Waals surface area contributed by atoms with Gasteiger partial charge in [-0.05, 0) is 19.1 Å². The Balaban J connectivity index is 2.25. The van der Waals surface area contributed by atoms with Gasteiger partial charge in [-0.25, -0.2) is 4.79 Å². The Kier molecular flexibility index (Phi) is 3.63. The molecule has 0 bridgehead atoms. The Morgan fingerprint density at radius 2 is 1.95 bits per heavy atom. The topological polar surface area (TPSA) is 61.8 Å². The van der Waals surface area contributed by atoms with Crippen LogP contribution in [-0.4, -0.2) is 13.7 Å². The minimum atomic E-state index is -0.454. The molecular formula is C17H16O5. The van der Waals surface area contributed by atoms with Crippen LogP contribution in [0.25, 0.3) is 21.9 Å². The summed E-state index contributed by atoms with van der Waals surface area (Å²) in [6.45, 7) is 6.29. The first-order chi connectivity index (χ1) is 10.6. The summed E-state index contributed by atoms with van der Waals surface area (Å²) in [5.41, 5.74) is 1.40. The molecular weight excluding hydrogens is 284 g/mol. The van der Waals surface area contributed by atoms with Crippen LogP contribution in [0.5, 0.6) is 11.5 Å². The zero-order valence-corrected chi connectivity index (χ0v) is 12.5. The molecule has 0 aliphatic rings. The molecule has 0 aliphatic heterocycles. The van der Waals surface area contributed by atoms with Gasteiger partial charge in [-0.15, -0.1) is 6.58 Å². The van der Waals surface area contributed by atoms with E-state index in [1.54, 1.807) is 18.4 Å². The highest BCUT2D eigenvalue weighted by atomic mass is 16.5. The van der Waals surface area contributed by atoms with Gasteiger partial charge in [-0.2, -0.15) is 0 Å². The Morgan fingerprint density at radius 1 is 1.18 bits per heavy atom. The van der Waals surface area contributed by atoms with Crippen molar-refractivity contribution in [1.82, 2.24) is 0 Å². The van der Waals surface area contributed by atoms with Crippen molar-refractivity contribution in [3.63, 3.8) is 0 Å². The summed E-state index contributed by atoms with van der Waals surface area (Å²) in [5.74, 6) is 1.00. The Bertz CT molecular complexity index is 900. The lowest BCUT2D eigenvalue weighted by Crippen LogP contribution is -2.02.